The second-order valence-corrected chi connectivity index (χ2v) is 6.06. The molecule has 1 aromatic carbocycles. The maximum atomic E-state index is 13.1. The zero-order valence-electron chi connectivity index (χ0n) is 13.2. The summed E-state index contributed by atoms with van der Waals surface area (Å²) in [7, 11) is 0. The summed E-state index contributed by atoms with van der Waals surface area (Å²) in [6.45, 7) is 0. The van der Waals surface area contributed by atoms with Gasteiger partial charge in [-0.3, -0.25) is 9.20 Å². The summed E-state index contributed by atoms with van der Waals surface area (Å²) >= 11 is 0. The number of benzene rings is 1. The summed E-state index contributed by atoms with van der Waals surface area (Å²) in [6.07, 6.45) is 4.31. The van der Waals surface area contributed by atoms with E-state index in [9.17, 15) is 13.6 Å². The molecule has 0 radical (unpaired) electrons. The summed E-state index contributed by atoms with van der Waals surface area (Å²) in [5, 5.41) is 2.92. The molecule has 0 unspecified atom stereocenters. The predicted octanol–water partition coefficient (Wildman–Crippen LogP) is 2.95. The Kier molecular flexibility index (Phi) is 3.83. The molecule has 7 heteroatoms. The zero-order chi connectivity index (χ0) is 17.4. The Labute approximate surface area is 142 Å². The van der Waals surface area contributed by atoms with Crippen LogP contribution in [0.15, 0.2) is 48.8 Å². The van der Waals surface area contributed by atoms with Crippen LogP contribution in [0.3, 0.4) is 0 Å². The van der Waals surface area contributed by atoms with Crippen LogP contribution >= 0.6 is 0 Å². The van der Waals surface area contributed by atoms with Crippen molar-refractivity contribution in [3.05, 3.63) is 66.1 Å². The molecule has 5 nitrogen and oxygen atoms in total. The fourth-order valence-electron chi connectivity index (χ4n) is 2.93. The Bertz CT molecular complexity index is 915. The molecule has 3 aromatic rings. The van der Waals surface area contributed by atoms with Crippen molar-refractivity contribution in [3.63, 3.8) is 0 Å². The number of imidazole rings is 1. The van der Waals surface area contributed by atoms with Gasteiger partial charge in [0.15, 0.2) is 0 Å². The zero-order valence-corrected chi connectivity index (χ0v) is 13.2. The molecule has 1 aliphatic carbocycles. The number of nitrogens with zero attached hydrogens (tertiary/aromatic N) is 2. The monoisotopic (exact) mass is 343 g/mol. The molecule has 0 aliphatic heterocycles. The molecule has 1 amide bonds. The predicted molar refractivity (Wildman–Crippen MR) is 86.5 cm³/mol. The molecule has 1 saturated carbocycles. The van der Waals surface area contributed by atoms with E-state index in [0.717, 1.165) is 18.2 Å². The second kappa shape index (κ2) is 6.16. The van der Waals surface area contributed by atoms with Gasteiger partial charge in [-0.2, -0.15) is 0 Å². The SMILES string of the molecule is O=C(NC1CC(Oc2cc(F)cc(F)c2)C1)c1cnc2ccccn12. The van der Waals surface area contributed by atoms with Crippen LogP contribution in [0.25, 0.3) is 5.65 Å². The van der Waals surface area contributed by atoms with E-state index in [1.165, 1.54) is 6.20 Å². The van der Waals surface area contributed by atoms with Crippen molar-refractivity contribution in [2.45, 2.75) is 25.0 Å². The normalized spacial score (nSPS) is 19.4. The third-order valence-corrected chi connectivity index (χ3v) is 4.22. The lowest BCUT2D eigenvalue weighted by atomic mass is 9.89. The number of halogens is 2. The number of aromatic nitrogens is 2. The van der Waals surface area contributed by atoms with Crippen molar-refractivity contribution < 1.29 is 18.3 Å². The molecule has 2 aromatic heterocycles. The van der Waals surface area contributed by atoms with Crippen molar-refractivity contribution in [1.29, 1.82) is 0 Å². The van der Waals surface area contributed by atoms with E-state index in [-0.39, 0.29) is 23.8 Å². The van der Waals surface area contributed by atoms with Gasteiger partial charge < -0.3 is 10.1 Å². The van der Waals surface area contributed by atoms with Gasteiger partial charge >= 0.3 is 0 Å². The largest absolute Gasteiger partial charge is 0.490 e. The van der Waals surface area contributed by atoms with Crippen LogP contribution < -0.4 is 10.1 Å². The molecule has 1 N–H and O–H groups in total. The molecule has 4 rings (SSSR count). The van der Waals surface area contributed by atoms with Crippen LogP contribution in [-0.4, -0.2) is 27.4 Å². The van der Waals surface area contributed by atoms with E-state index in [1.807, 2.05) is 18.2 Å². The Morgan fingerprint density at radius 2 is 1.96 bits per heavy atom. The van der Waals surface area contributed by atoms with Crippen LogP contribution in [0.1, 0.15) is 23.3 Å². The van der Waals surface area contributed by atoms with Gasteiger partial charge in [0, 0.05) is 43.3 Å². The molecule has 1 fully saturated rings. The van der Waals surface area contributed by atoms with Gasteiger partial charge in [0.25, 0.3) is 5.91 Å². The van der Waals surface area contributed by atoms with E-state index >= 15 is 0 Å². The number of hydrogen-bond donors (Lipinski definition) is 1. The first-order valence-corrected chi connectivity index (χ1v) is 7.94. The molecule has 0 bridgehead atoms. The van der Waals surface area contributed by atoms with Crippen LogP contribution in [0.5, 0.6) is 5.75 Å². The molecule has 0 saturated heterocycles. The number of rotatable bonds is 4. The molecule has 1 aliphatic rings. The Morgan fingerprint density at radius 1 is 1.20 bits per heavy atom. The molecular formula is C18H15F2N3O2. The molecule has 2 heterocycles. The first-order chi connectivity index (χ1) is 12.1. The van der Waals surface area contributed by atoms with Crippen LogP contribution in [0.2, 0.25) is 0 Å². The highest BCUT2D eigenvalue weighted by Crippen LogP contribution is 2.27. The Balaban J connectivity index is 1.34. The third kappa shape index (κ3) is 3.17. The van der Waals surface area contributed by atoms with Crippen molar-refractivity contribution >= 4 is 11.6 Å². The van der Waals surface area contributed by atoms with Crippen molar-refractivity contribution in [3.8, 4) is 5.75 Å². The molecule has 0 atom stereocenters. The fraction of sp³-hybridized carbons (Fsp3) is 0.222. The van der Waals surface area contributed by atoms with Crippen LogP contribution in [-0.2, 0) is 0 Å². The van der Waals surface area contributed by atoms with E-state index in [2.05, 4.69) is 10.3 Å². The first kappa shape index (κ1) is 15.6. The maximum absolute atomic E-state index is 13.1. The lowest BCUT2D eigenvalue weighted by Gasteiger charge is -2.35. The Morgan fingerprint density at radius 3 is 2.72 bits per heavy atom. The van der Waals surface area contributed by atoms with Crippen LogP contribution in [0.4, 0.5) is 8.78 Å². The van der Waals surface area contributed by atoms with Gasteiger partial charge in [-0.05, 0) is 12.1 Å². The quantitative estimate of drug-likeness (QED) is 0.792. The summed E-state index contributed by atoms with van der Waals surface area (Å²) < 4.78 is 33.6. The van der Waals surface area contributed by atoms with Gasteiger partial charge in [0.1, 0.15) is 34.8 Å². The number of carbonyl (C=O) groups excluding carboxylic acids is 1. The fourth-order valence-corrected chi connectivity index (χ4v) is 2.93. The smallest absolute Gasteiger partial charge is 0.270 e. The van der Waals surface area contributed by atoms with Crippen LogP contribution in [0, 0.1) is 11.6 Å². The van der Waals surface area contributed by atoms with E-state index in [0.29, 0.717) is 24.2 Å². The minimum absolute atomic E-state index is 0.0369. The summed E-state index contributed by atoms with van der Waals surface area (Å²) in [5.41, 5.74) is 1.17. The van der Waals surface area contributed by atoms with Crippen molar-refractivity contribution in [1.82, 2.24) is 14.7 Å². The standard InChI is InChI=1S/C18H15F2N3O2/c19-11-5-12(20)7-14(6-11)25-15-8-13(9-15)22-18(24)16-10-21-17-3-1-2-4-23(16)17/h1-7,10,13,15H,8-9H2,(H,22,24). The topological polar surface area (TPSA) is 55.6 Å². The number of hydrogen-bond acceptors (Lipinski definition) is 3. The Hall–Kier alpha value is -2.96. The van der Waals surface area contributed by atoms with E-state index in [1.54, 1.807) is 10.6 Å². The minimum atomic E-state index is -0.674. The van der Waals surface area contributed by atoms with Crippen molar-refractivity contribution in [2.24, 2.45) is 0 Å². The van der Waals surface area contributed by atoms with Gasteiger partial charge in [-0.25, -0.2) is 13.8 Å². The van der Waals surface area contributed by atoms with Gasteiger partial charge in [-0.15, -0.1) is 0 Å². The highest BCUT2D eigenvalue weighted by atomic mass is 19.1. The number of carbonyl (C=O) groups is 1. The van der Waals surface area contributed by atoms with Gasteiger partial charge in [0.2, 0.25) is 0 Å². The van der Waals surface area contributed by atoms with E-state index in [4.69, 9.17) is 4.74 Å². The minimum Gasteiger partial charge on any atom is -0.490 e. The first-order valence-electron chi connectivity index (χ1n) is 7.94. The average molecular weight is 343 g/mol. The number of ether oxygens (including phenoxy) is 1. The number of pyridine rings is 1. The highest BCUT2D eigenvalue weighted by molar-refractivity contribution is 5.93. The second-order valence-electron chi connectivity index (χ2n) is 6.06. The lowest BCUT2D eigenvalue weighted by molar-refractivity contribution is 0.0694. The molecule has 25 heavy (non-hydrogen) atoms. The summed E-state index contributed by atoms with van der Waals surface area (Å²) in [5.74, 6) is -1.40. The average Bonchev–Trinajstić information content (AvgIpc) is 2.96. The number of fused-ring (bicyclic) bond motifs is 1. The lowest BCUT2D eigenvalue weighted by Crippen LogP contribution is -2.49. The summed E-state index contributed by atoms with van der Waals surface area (Å²) in [6, 6.07) is 8.56. The molecular weight excluding hydrogens is 328 g/mol. The van der Waals surface area contributed by atoms with Gasteiger partial charge in [-0.1, -0.05) is 6.07 Å². The van der Waals surface area contributed by atoms with Gasteiger partial charge in [0.05, 0.1) is 6.20 Å². The number of amides is 1. The summed E-state index contributed by atoms with van der Waals surface area (Å²) in [4.78, 5) is 16.5. The third-order valence-electron chi connectivity index (χ3n) is 4.22. The molecule has 0 spiro atoms. The highest BCUT2D eigenvalue weighted by Gasteiger charge is 2.32. The maximum Gasteiger partial charge on any atom is 0.270 e. The van der Waals surface area contributed by atoms with Crippen molar-refractivity contribution in [2.75, 3.05) is 0 Å². The number of nitrogens with one attached hydrogen (secondary N) is 1. The van der Waals surface area contributed by atoms with E-state index < -0.39 is 11.6 Å². The molecule has 128 valence electrons.